The van der Waals surface area contributed by atoms with E-state index in [4.69, 9.17) is 0 Å². The number of fused-ring (bicyclic) bond motifs is 1. The number of urea groups is 1. The summed E-state index contributed by atoms with van der Waals surface area (Å²) >= 11 is 0. The summed E-state index contributed by atoms with van der Waals surface area (Å²) in [4.78, 5) is 16.3. The molecule has 0 saturated heterocycles. The maximum absolute atomic E-state index is 12.1. The van der Waals surface area contributed by atoms with Gasteiger partial charge < -0.3 is 10.4 Å². The Morgan fingerprint density at radius 2 is 2.13 bits per heavy atom. The molecule has 0 radical (unpaired) electrons. The highest BCUT2D eigenvalue weighted by atomic mass is 16.3. The van der Waals surface area contributed by atoms with Crippen molar-refractivity contribution in [2.75, 3.05) is 5.32 Å². The molecule has 0 saturated carbocycles. The third-order valence-corrected chi connectivity index (χ3v) is 3.54. The lowest BCUT2D eigenvalue weighted by molar-refractivity contribution is 0.249. The van der Waals surface area contributed by atoms with Crippen molar-refractivity contribution in [2.24, 2.45) is 0 Å². The summed E-state index contributed by atoms with van der Waals surface area (Å²) in [5.41, 5.74) is 2.11. The SMILES string of the molecule is CC(NC(=O)Nc1cc2cn[nH]c2c(CO)n1)c1ccccc1. The van der Waals surface area contributed by atoms with E-state index < -0.39 is 0 Å². The number of aromatic amines is 1. The summed E-state index contributed by atoms with van der Waals surface area (Å²) in [6, 6.07) is 10.9. The first kappa shape index (κ1) is 15.0. The Bertz CT molecular complexity index is 816. The van der Waals surface area contributed by atoms with E-state index in [0.29, 0.717) is 17.0 Å². The van der Waals surface area contributed by atoms with Gasteiger partial charge in [-0.15, -0.1) is 0 Å². The average Bonchev–Trinajstić information content (AvgIpc) is 3.03. The normalized spacial score (nSPS) is 12.1. The van der Waals surface area contributed by atoms with Gasteiger partial charge in [0.05, 0.1) is 30.1 Å². The second-order valence-corrected chi connectivity index (χ2v) is 5.18. The average molecular weight is 311 g/mol. The van der Waals surface area contributed by atoms with Crippen LogP contribution in [-0.2, 0) is 6.61 Å². The lowest BCUT2D eigenvalue weighted by atomic mass is 10.1. The number of aliphatic hydroxyl groups excluding tert-OH is 1. The van der Waals surface area contributed by atoms with Crippen molar-refractivity contribution in [1.29, 1.82) is 0 Å². The van der Waals surface area contributed by atoms with Crippen LogP contribution in [0, 0.1) is 0 Å². The molecule has 4 N–H and O–H groups in total. The third-order valence-electron chi connectivity index (χ3n) is 3.54. The molecule has 0 aliphatic rings. The number of aromatic nitrogens is 3. The topological polar surface area (TPSA) is 103 Å². The quantitative estimate of drug-likeness (QED) is 0.593. The third kappa shape index (κ3) is 3.29. The molecular weight excluding hydrogens is 294 g/mol. The zero-order chi connectivity index (χ0) is 16.2. The van der Waals surface area contributed by atoms with Gasteiger partial charge in [-0.2, -0.15) is 5.10 Å². The van der Waals surface area contributed by atoms with Gasteiger partial charge in [0, 0.05) is 5.39 Å². The Morgan fingerprint density at radius 3 is 2.87 bits per heavy atom. The van der Waals surface area contributed by atoms with E-state index in [1.54, 1.807) is 12.3 Å². The van der Waals surface area contributed by atoms with Gasteiger partial charge in [0.1, 0.15) is 5.82 Å². The van der Waals surface area contributed by atoms with E-state index in [1.807, 2.05) is 37.3 Å². The number of benzene rings is 1. The van der Waals surface area contributed by atoms with Crippen LogP contribution in [0.4, 0.5) is 10.6 Å². The van der Waals surface area contributed by atoms with E-state index in [2.05, 4.69) is 25.8 Å². The van der Waals surface area contributed by atoms with Gasteiger partial charge in [-0.1, -0.05) is 30.3 Å². The first-order chi connectivity index (χ1) is 11.2. The number of nitrogens with zero attached hydrogens (tertiary/aromatic N) is 2. The molecule has 0 fully saturated rings. The summed E-state index contributed by atoms with van der Waals surface area (Å²) in [6.45, 7) is 1.66. The monoisotopic (exact) mass is 311 g/mol. The molecule has 0 aliphatic heterocycles. The van der Waals surface area contributed by atoms with Crippen LogP contribution in [0.15, 0.2) is 42.6 Å². The molecule has 2 aromatic heterocycles. The number of anilines is 1. The highest BCUT2D eigenvalue weighted by molar-refractivity contribution is 5.91. The van der Waals surface area contributed by atoms with E-state index in [-0.39, 0.29) is 18.7 Å². The highest BCUT2D eigenvalue weighted by Crippen LogP contribution is 2.19. The number of carbonyl (C=O) groups excluding carboxylic acids is 1. The highest BCUT2D eigenvalue weighted by Gasteiger charge is 2.12. The van der Waals surface area contributed by atoms with Crippen LogP contribution in [-0.4, -0.2) is 26.3 Å². The fourth-order valence-corrected chi connectivity index (χ4v) is 2.37. The van der Waals surface area contributed by atoms with E-state index in [0.717, 1.165) is 10.9 Å². The van der Waals surface area contributed by atoms with Crippen LogP contribution in [0.1, 0.15) is 24.2 Å². The fourth-order valence-electron chi connectivity index (χ4n) is 2.37. The van der Waals surface area contributed by atoms with Gasteiger partial charge in [0.2, 0.25) is 0 Å². The molecule has 0 spiro atoms. The summed E-state index contributed by atoms with van der Waals surface area (Å²) in [5.74, 6) is 0.362. The predicted octanol–water partition coefficient (Wildman–Crippen LogP) is 2.33. The molecule has 7 heteroatoms. The molecule has 0 bridgehead atoms. The molecule has 7 nitrogen and oxygen atoms in total. The Kier molecular flexibility index (Phi) is 4.20. The Balaban J connectivity index is 1.72. The number of rotatable bonds is 4. The Hall–Kier alpha value is -2.93. The minimum Gasteiger partial charge on any atom is -0.390 e. The molecule has 23 heavy (non-hydrogen) atoms. The smallest absolute Gasteiger partial charge is 0.320 e. The minimum absolute atomic E-state index is 0.133. The van der Waals surface area contributed by atoms with Gasteiger partial charge in [-0.3, -0.25) is 10.4 Å². The number of amides is 2. The maximum Gasteiger partial charge on any atom is 0.320 e. The molecule has 118 valence electrons. The van der Waals surface area contributed by atoms with Crippen LogP contribution in [0.3, 0.4) is 0 Å². The largest absolute Gasteiger partial charge is 0.390 e. The van der Waals surface area contributed by atoms with Crippen molar-refractivity contribution in [3.8, 4) is 0 Å². The summed E-state index contributed by atoms with van der Waals surface area (Å²) in [6.07, 6.45) is 1.62. The Labute approximate surface area is 132 Å². The number of nitrogens with one attached hydrogen (secondary N) is 3. The summed E-state index contributed by atoms with van der Waals surface area (Å²) in [5, 5.41) is 22.4. The first-order valence-electron chi connectivity index (χ1n) is 7.23. The molecule has 0 aliphatic carbocycles. The standard InChI is InChI=1S/C16H17N5O2/c1-10(11-5-3-2-4-6-11)18-16(23)20-14-7-12-8-17-21-15(12)13(9-22)19-14/h2-8,10,22H,9H2,1H3,(H,17,21)(H2,18,19,20,23). The van der Waals surface area contributed by atoms with Crippen molar-refractivity contribution in [2.45, 2.75) is 19.6 Å². The number of H-pyrrole nitrogens is 1. The van der Waals surface area contributed by atoms with Crippen LogP contribution >= 0.6 is 0 Å². The number of hydrogen-bond donors (Lipinski definition) is 4. The lowest BCUT2D eigenvalue weighted by Gasteiger charge is -2.15. The van der Waals surface area contributed by atoms with E-state index in [9.17, 15) is 9.90 Å². The Morgan fingerprint density at radius 1 is 1.35 bits per heavy atom. The van der Waals surface area contributed by atoms with Crippen molar-refractivity contribution >= 4 is 22.8 Å². The van der Waals surface area contributed by atoms with Crippen molar-refractivity contribution in [1.82, 2.24) is 20.5 Å². The molecule has 1 aromatic carbocycles. The number of pyridine rings is 1. The zero-order valence-electron chi connectivity index (χ0n) is 12.6. The maximum atomic E-state index is 12.1. The summed E-state index contributed by atoms with van der Waals surface area (Å²) in [7, 11) is 0. The zero-order valence-corrected chi connectivity index (χ0v) is 12.6. The second-order valence-electron chi connectivity index (χ2n) is 5.18. The molecule has 1 unspecified atom stereocenters. The van der Waals surface area contributed by atoms with Crippen LogP contribution in [0.5, 0.6) is 0 Å². The van der Waals surface area contributed by atoms with Crippen molar-refractivity contribution in [3.05, 3.63) is 53.9 Å². The molecule has 2 amide bonds. The molecule has 3 aromatic rings. The molecular formula is C16H17N5O2. The van der Waals surface area contributed by atoms with Crippen LogP contribution in [0.2, 0.25) is 0 Å². The number of hydrogen-bond acceptors (Lipinski definition) is 4. The van der Waals surface area contributed by atoms with Gasteiger partial charge in [0.15, 0.2) is 0 Å². The van der Waals surface area contributed by atoms with Gasteiger partial charge in [0.25, 0.3) is 0 Å². The fraction of sp³-hybridized carbons (Fsp3) is 0.188. The molecule has 1 atom stereocenters. The van der Waals surface area contributed by atoms with Crippen LogP contribution in [0.25, 0.3) is 10.9 Å². The predicted molar refractivity (Wildman–Crippen MR) is 86.8 cm³/mol. The second kappa shape index (κ2) is 6.45. The first-order valence-corrected chi connectivity index (χ1v) is 7.23. The minimum atomic E-state index is -0.361. The van der Waals surface area contributed by atoms with Gasteiger partial charge in [-0.05, 0) is 18.6 Å². The molecule has 3 rings (SSSR count). The van der Waals surface area contributed by atoms with E-state index >= 15 is 0 Å². The van der Waals surface area contributed by atoms with Gasteiger partial charge >= 0.3 is 6.03 Å². The number of aliphatic hydroxyl groups is 1. The molecule has 2 heterocycles. The van der Waals surface area contributed by atoms with Crippen molar-refractivity contribution in [3.63, 3.8) is 0 Å². The summed E-state index contributed by atoms with van der Waals surface area (Å²) < 4.78 is 0. The van der Waals surface area contributed by atoms with E-state index in [1.165, 1.54) is 0 Å². The van der Waals surface area contributed by atoms with Crippen LogP contribution < -0.4 is 10.6 Å². The number of carbonyl (C=O) groups is 1. The lowest BCUT2D eigenvalue weighted by Crippen LogP contribution is -2.31. The van der Waals surface area contributed by atoms with Crippen molar-refractivity contribution < 1.29 is 9.90 Å². The van der Waals surface area contributed by atoms with Gasteiger partial charge in [-0.25, -0.2) is 9.78 Å².